The number of hydrogen-bond acceptors (Lipinski definition) is 5. The third-order valence-electron chi connectivity index (χ3n) is 3.73. The Hall–Kier alpha value is -0.760. The summed E-state index contributed by atoms with van der Waals surface area (Å²) < 4.78 is 19.6. The topological polar surface area (TPSA) is 79.6 Å². The molecule has 4 N–H and O–H groups in total. The molecule has 20 heavy (non-hydrogen) atoms. The minimum Gasteiger partial charge on any atom is -0.372 e. The van der Waals surface area contributed by atoms with E-state index in [1.54, 1.807) is 4.90 Å². The van der Waals surface area contributed by atoms with Crippen molar-refractivity contribution in [3.05, 3.63) is 0 Å². The van der Waals surface area contributed by atoms with Crippen molar-refractivity contribution >= 4 is 5.91 Å². The Balaban J connectivity index is 1.89. The summed E-state index contributed by atoms with van der Waals surface area (Å²) in [6.07, 6.45) is -1.44. The van der Waals surface area contributed by atoms with E-state index in [0.29, 0.717) is 19.5 Å². The molecule has 2 aliphatic heterocycles. The maximum atomic E-state index is 14.1. The molecule has 1 amide bonds. The lowest BCUT2D eigenvalue weighted by Crippen LogP contribution is -2.66. The van der Waals surface area contributed by atoms with E-state index in [-0.39, 0.29) is 18.6 Å². The number of carbonyl (C=O) groups excluding carboxylic acids is 1. The van der Waals surface area contributed by atoms with Gasteiger partial charge in [-0.15, -0.1) is 0 Å². The van der Waals surface area contributed by atoms with Gasteiger partial charge in [0.15, 0.2) is 0 Å². The highest BCUT2D eigenvalue weighted by molar-refractivity contribution is 5.83. The standard InChI is InChI=1S/C13H25FN4O2/c1-8(2)20-10-3-6-18(7-9(10)14)13(19)11-12(15)17-5-4-16-11/h8-12,16-17H,3-7,15H2,1-2H3/t9-,10+,11?,12?/m1/s1. The maximum Gasteiger partial charge on any atom is 0.242 e. The van der Waals surface area contributed by atoms with E-state index in [2.05, 4.69) is 10.6 Å². The number of rotatable bonds is 3. The summed E-state index contributed by atoms with van der Waals surface area (Å²) in [5.41, 5.74) is 5.87. The summed E-state index contributed by atoms with van der Waals surface area (Å²) in [5.74, 6) is -0.129. The van der Waals surface area contributed by atoms with Crippen LogP contribution >= 0.6 is 0 Å². The lowest BCUT2D eigenvalue weighted by molar-refractivity contribution is -0.141. The number of carbonyl (C=O) groups is 1. The molecule has 0 aliphatic carbocycles. The van der Waals surface area contributed by atoms with Crippen LogP contribution < -0.4 is 16.4 Å². The number of ether oxygens (including phenoxy) is 1. The molecule has 2 unspecified atom stereocenters. The number of nitrogens with one attached hydrogen (secondary N) is 2. The lowest BCUT2D eigenvalue weighted by atomic mass is 10.0. The van der Waals surface area contributed by atoms with Gasteiger partial charge in [-0.3, -0.25) is 10.1 Å². The van der Waals surface area contributed by atoms with Crippen molar-refractivity contribution in [3.63, 3.8) is 0 Å². The fourth-order valence-electron chi connectivity index (χ4n) is 2.74. The monoisotopic (exact) mass is 288 g/mol. The van der Waals surface area contributed by atoms with Crippen molar-refractivity contribution in [1.29, 1.82) is 0 Å². The number of alkyl halides is 1. The first kappa shape index (κ1) is 15.6. The lowest BCUT2D eigenvalue weighted by Gasteiger charge is -2.39. The molecule has 7 heteroatoms. The fraction of sp³-hybridized carbons (Fsp3) is 0.923. The van der Waals surface area contributed by atoms with Crippen LogP contribution in [0.2, 0.25) is 0 Å². The Morgan fingerprint density at radius 1 is 1.40 bits per heavy atom. The van der Waals surface area contributed by atoms with Crippen molar-refractivity contribution in [1.82, 2.24) is 15.5 Å². The summed E-state index contributed by atoms with van der Waals surface area (Å²) in [6, 6.07) is -0.474. The minimum absolute atomic E-state index is 0.00173. The average Bonchev–Trinajstić information content (AvgIpc) is 2.40. The van der Waals surface area contributed by atoms with Crippen molar-refractivity contribution < 1.29 is 13.9 Å². The van der Waals surface area contributed by atoms with E-state index in [4.69, 9.17) is 10.5 Å². The zero-order chi connectivity index (χ0) is 14.7. The van der Waals surface area contributed by atoms with Gasteiger partial charge in [-0.25, -0.2) is 4.39 Å². The van der Waals surface area contributed by atoms with Crippen LogP contribution in [0.4, 0.5) is 4.39 Å². The molecular formula is C13H25FN4O2. The summed E-state index contributed by atoms with van der Waals surface area (Å²) in [7, 11) is 0. The molecule has 2 heterocycles. The van der Waals surface area contributed by atoms with E-state index < -0.39 is 24.5 Å². The quantitative estimate of drug-likeness (QED) is 0.633. The van der Waals surface area contributed by atoms with Crippen molar-refractivity contribution in [3.8, 4) is 0 Å². The number of likely N-dealkylation sites (tertiary alicyclic amines) is 1. The smallest absolute Gasteiger partial charge is 0.242 e. The summed E-state index contributed by atoms with van der Waals surface area (Å²) >= 11 is 0. The second-order valence-corrected chi connectivity index (χ2v) is 5.72. The number of hydrogen-bond donors (Lipinski definition) is 3. The molecule has 2 aliphatic rings. The third-order valence-corrected chi connectivity index (χ3v) is 3.73. The van der Waals surface area contributed by atoms with Gasteiger partial charge in [-0.1, -0.05) is 0 Å². The van der Waals surface area contributed by atoms with Crippen LogP contribution in [-0.2, 0) is 9.53 Å². The van der Waals surface area contributed by atoms with Crippen LogP contribution in [0.15, 0.2) is 0 Å². The molecular weight excluding hydrogens is 263 g/mol. The molecule has 0 spiro atoms. The van der Waals surface area contributed by atoms with Crippen LogP contribution in [0.1, 0.15) is 20.3 Å². The van der Waals surface area contributed by atoms with Gasteiger partial charge in [0.25, 0.3) is 0 Å². The minimum atomic E-state index is -1.14. The first-order chi connectivity index (χ1) is 9.49. The molecule has 0 radical (unpaired) electrons. The molecule has 0 aromatic carbocycles. The molecule has 0 aromatic rings. The van der Waals surface area contributed by atoms with Crippen molar-refractivity contribution in [2.45, 2.75) is 50.9 Å². The highest BCUT2D eigenvalue weighted by atomic mass is 19.1. The third kappa shape index (κ3) is 3.66. The van der Waals surface area contributed by atoms with Gasteiger partial charge in [0.2, 0.25) is 5.91 Å². The molecule has 116 valence electrons. The van der Waals surface area contributed by atoms with Gasteiger partial charge in [0.05, 0.1) is 24.9 Å². The SMILES string of the molecule is CC(C)O[C@H]1CCN(C(=O)C2NCCNC2N)C[C@H]1F. The van der Waals surface area contributed by atoms with Crippen LogP contribution in [0.3, 0.4) is 0 Å². The van der Waals surface area contributed by atoms with Gasteiger partial charge in [0, 0.05) is 19.6 Å². The number of piperazine rings is 1. The molecule has 6 nitrogen and oxygen atoms in total. The molecule has 2 saturated heterocycles. The number of nitrogens with two attached hydrogens (primary N) is 1. The normalized spacial score (nSPS) is 35.4. The first-order valence-corrected chi connectivity index (χ1v) is 7.29. The largest absolute Gasteiger partial charge is 0.372 e. The Morgan fingerprint density at radius 3 is 2.70 bits per heavy atom. The zero-order valence-electron chi connectivity index (χ0n) is 12.1. The summed E-state index contributed by atoms with van der Waals surface area (Å²) in [4.78, 5) is 13.9. The summed E-state index contributed by atoms with van der Waals surface area (Å²) in [5, 5.41) is 6.14. The molecule has 2 fully saturated rings. The van der Waals surface area contributed by atoms with Crippen LogP contribution in [0.25, 0.3) is 0 Å². The predicted octanol–water partition coefficient (Wildman–Crippen LogP) is -0.803. The van der Waals surface area contributed by atoms with E-state index in [1.165, 1.54) is 0 Å². The van der Waals surface area contributed by atoms with Crippen molar-refractivity contribution in [2.75, 3.05) is 26.2 Å². The molecule has 0 aromatic heterocycles. The number of piperidine rings is 1. The highest BCUT2D eigenvalue weighted by Crippen LogP contribution is 2.19. The van der Waals surface area contributed by atoms with Gasteiger partial charge >= 0.3 is 0 Å². The average molecular weight is 288 g/mol. The predicted molar refractivity (Wildman–Crippen MR) is 73.9 cm³/mol. The van der Waals surface area contributed by atoms with E-state index in [1.807, 2.05) is 13.8 Å². The summed E-state index contributed by atoms with van der Waals surface area (Å²) in [6.45, 7) is 5.81. The number of nitrogens with zero attached hydrogens (tertiary/aromatic N) is 1. The zero-order valence-corrected chi connectivity index (χ0v) is 12.1. The Morgan fingerprint density at radius 2 is 2.10 bits per heavy atom. The molecule has 4 atom stereocenters. The Labute approximate surface area is 119 Å². The Kier molecular flexibility index (Phi) is 5.31. The Bertz CT molecular complexity index is 342. The van der Waals surface area contributed by atoms with Crippen LogP contribution in [0, 0.1) is 0 Å². The molecule has 0 saturated carbocycles. The second-order valence-electron chi connectivity index (χ2n) is 5.72. The van der Waals surface area contributed by atoms with Crippen LogP contribution in [-0.4, -0.2) is 67.6 Å². The van der Waals surface area contributed by atoms with Gasteiger partial charge in [-0.05, 0) is 20.3 Å². The van der Waals surface area contributed by atoms with E-state index in [9.17, 15) is 9.18 Å². The first-order valence-electron chi connectivity index (χ1n) is 7.29. The van der Waals surface area contributed by atoms with E-state index in [0.717, 1.165) is 6.54 Å². The fourth-order valence-corrected chi connectivity index (χ4v) is 2.74. The van der Waals surface area contributed by atoms with Gasteiger partial charge in [0.1, 0.15) is 12.2 Å². The molecule has 0 bridgehead atoms. The second kappa shape index (κ2) is 6.80. The highest BCUT2D eigenvalue weighted by Gasteiger charge is 2.37. The van der Waals surface area contributed by atoms with Gasteiger partial charge < -0.3 is 20.7 Å². The van der Waals surface area contributed by atoms with Crippen LogP contribution in [0.5, 0.6) is 0 Å². The van der Waals surface area contributed by atoms with Gasteiger partial charge in [-0.2, -0.15) is 0 Å². The number of amides is 1. The van der Waals surface area contributed by atoms with E-state index >= 15 is 0 Å². The maximum absolute atomic E-state index is 14.1. The number of halogens is 1. The molecule has 2 rings (SSSR count). The van der Waals surface area contributed by atoms with Crippen molar-refractivity contribution in [2.24, 2.45) is 5.73 Å².